The second-order valence-corrected chi connectivity index (χ2v) is 10.1. The predicted molar refractivity (Wildman–Crippen MR) is 226 cm³/mol. The fourth-order valence-electron chi connectivity index (χ4n) is 2.35. The van der Waals surface area contributed by atoms with Crippen LogP contribution in [0.25, 0.3) is 0 Å². The van der Waals surface area contributed by atoms with E-state index in [0.29, 0.717) is 25.4 Å². The largest absolute Gasteiger partial charge is 0.491 e. The molecule has 2 unspecified atom stereocenters. The van der Waals surface area contributed by atoms with Gasteiger partial charge in [-0.1, -0.05) is 157 Å². The summed E-state index contributed by atoms with van der Waals surface area (Å²) in [6.07, 6.45) is 6.49. The van der Waals surface area contributed by atoms with E-state index >= 15 is 0 Å². The molecule has 2 aromatic carbocycles. The van der Waals surface area contributed by atoms with Crippen LogP contribution >= 0.6 is 0 Å². The van der Waals surface area contributed by atoms with Crippen LogP contribution in [-0.4, -0.2) is 58.6 Å². The van der Waals surface area contributed by atoms with Gasteiger partial charge in [0.05, 0.1) is 13.2 Å². The first kappa shape index (κ1) is 72.3. The van der Waals surface area contributed by atoms with Crippen molar-refractivity contribution in [3.63, 3.8) is 0 Å². The van der Waals surface area contributed by atoms with Crippen LogP contribution in [-0.2, 0) is 25.4 Å². The zero-order valence-corrected chi connectivity index (χ0v) is 29.1. The smallest absolute Gasteiger partial charge is 0.126 e. The SMILES string of the molecule is C.C.C.C.C.C.C.CC(C)=O.CCC.CCC.CCC.CCC.COC.c1cc(OCC2CO2)ccc1Cc1ccc(OCC2CO2)cc1. The van der Waals surface area contributed by atoms with Crippen LogP contribution in [0.4, 0.5) is 0 Å². The molecule has 0 aromatic heterocycles. The van der Waals surface area contributed by atoms with Crippen molar-refractivity contribution >= 4 is 5.78 Å². The van der Waals surface area contributed by atoms with Crippen LogP contribution in [0, 0.1) is 0 Å². The van der Waals surface area contributed by atoms with Gasteiger partial charge in [-0.25, -0.2) is 0 Å². The summed E-state index contributed by atoms with van der Waals surface area (Å²) in [7, 11) is 3.25. The van der Waals surface area contributed by atoms with E-state index in [1.54, 1.807) is 14.2 Å². The maximum Gasteiger partial charge on any atom is 0.126 e. The number of ketones is 1. The average molecular weight is 705 g/mol. The molecule has 0 radical (unpaired) electrons. The molecule has 0 bridgehead atoms. The van der Waals surface area contributed by atoms with Crippen molar-refractivity contribution < 1.29 is 28.5 Å². The number of hydrogen-bond acceptors (Lipinski definition) is 6. The second-order valence-electron chi connectivity index (χ2n) is 10.1. The summed E-state index contributed by atoms with van der Waals surface area (Å²) in [5.74, 6) is 1.96. The highest BCUT2D eigenvalue weighted by molar-refractivity contribution is 5.72. The molecule has 2 fully saturated rings. The molecule has 0 spiro atoms. The molecule has 4 rings (SSSR count). The number of ether oxygens (including phenoxy) is 5. The number of epoxide rings is 2. The molecule has 2 heterocycles. The first-order valence-electron chi connectivity index (χ1n) is 15.7. The highest BCUT2D eigenvalue weighted by Gasteiger charge is 2.23. The molecule has 2 aliphatic heterocycles. The predicted octanol–water partition coefficient (Wildman–Crippen LogP) is 13.8. The zero-order chi connectivity index (χ0) is 32.6. The molecule has 6 heteroatoms. The summed E-state index contributed by atoms with van der Waals surface area (Å²) in [5.41, 5.74) is 2.53. The van der Waals surface area contributed by atoms with E-state index in [2.05, 4.69) is 84.4 Å². The minimum Gasteiger partial charge on any atom is -0.491 e. The number of rotatable bonds is 8. The summed E-state index contributed by atoms with van der Waals surface area (Å²) < 4.78 is 25.8. The van der Waals surface area contributed by atoms with Gasteiger partial charge in [-0.2, -0.15) is 0 Å². The molecule has 0 amide bonds. The maximum atomic E-state index is 9.44. The monoisotopic (exact) mass is 705 g/mol. The van der Waals surface area contributed by atoms with Gasteiger partial charge in [-0.05, 0) is 55.7 Å². The van der Waals surface area contributed by atoms with Crippen molar-refractivity contribution in [2.75, 3.05) is 40.6 Å². The number of benzene rings is 2. The number of hydrogen-bond donors (Lipinski definition) is 0. The number of carbonyl (C=O) groups is 1. The lowest BCUT2D eigenvalue weighted by atomic mass is 10.0. The average Bonchev–Trinajstić information content (AvgIpc) is 3.86. The Hall–Kier alpha value is -2.41. The van der Waals surface area contributed by atoms with Gasteiger partial charge in [0, 0.05) is 14.2 Å². The van der Waals surface area contributed by atoms with Crippen molar-refractivity contribution in [1.82, 2.24) is 0 Å². The molecule has 300 valence electrons. The quantitative estimate of drug-likeness (QED) is 0.255. The topological polar surface area (TPSA) is 69.8 Å². The Balaban J connectivity index is -0.0000000626. The van der Waals surface area contributed by atoms with Crippen molar-refractivity contribution in [3.05, 3.63) is 59.7 Å². The van der Waals surface area contributed by atoms with Crippen LogP contribution in [0.2, 0.25) is 0 Å². The molecule has 2 aromatic rings. The van der Waals surface area contributed by atoms with E-state index in [0.717, 1.165) is 31.1 Å². The molecule has 0 N–H and O–H groups in total. The van der Waals surface area contributed by atoms with E-state index in [-0.39, 0.29) is 57.8 Å². The molecule has 2 atom stereocenters. The lowest BCUT2D eigenvalue weighted by Crippen LogP contribution is -2.04. The Bertz CT molecular complexity index is 725. The van der Waals surface area contributed by atoms with Gasteiger partial charge in [0.15, 0.2) is 0 Å². The van der Waals surface area contributed by atoms with Gasteiger partial charge in [-0.3, -0.25) is 0 Å². The number of Topliss-reactive ketones (excluding diaryl/α,β-unsaturated/α-hetero) is 1. The highest BCUT2D eigenvalue weighted by Crippen LogP contribution is 2.20. The first-order valence-corrected chi connectivity index (χ1v) is 15.7. The third-order valence-electron chi connectivity index (χ3n) is 3.93. The Kier molecular flexibility index (Phi) is 81.2. The first-order chi connectivity index (χ1) is 20.2. The molecule has 0 aliphatic carbocycles. The molecule has 0 saturated carbocycles. The second kappa shape index (κ2) is 55.0. The molecule has 6 nitrogen and oxygen atoms in total. The van der Waals surface area contributed by atoms with Gasteiger partial charge < -0.3 is 28.5 Å². The van der Waals surface area contributed by atoms with Crippen LogP contribution in [0.5, 0.6) is 11.5 Å². The van der Waals surface area contributed by atoms with Crippen LogP contribution < -0.4 is 9.47 Å². The summed E-state index contributed by atoms with van der Waals surface area (Å²) in [4.78, 5) is 9.44. The van der Waals surface area contributed by atoms with Gasteiger partial charge in [0.2, 0.25) is 0 Å². The van der Waals surface area contributed by atoms with Crippen LogP contribution in [0.3, 0.4) is 0 Å². The highest BCUT2D eigenvalue weighted by atomic mass is 16.6. The summed E-state index contributed by atoms with van der Waals surface area (Å²) >= 11 is 0. The maximum absolute atomic E-state index is 9.44. The molecule has 2 saturated heterocycles. The Morgan fingerprint density at radius 3 is 0.898 bits per heavy atom. The fraction of sp³-hybridized carbons (Fsp3) is 0.698. The summed E-state index contributed by atoms with van der Waals surface area (Å²) in [6.45, 7) is 23.0. The van der Waals surface area contributed by atoms with Crippen LogP contribution in [0.15, 0.2) is 48.5 Å². The van der Waals surface area contributed by atoms with E-state index < -0.39 is 0 Å². The number of carbonyl (C=O) groups excluding carboxylic acids is 1. The molecular formula is C43H92O6. The number of methoxy groups -OCH3 is 1. The van der Waals surface area contributed by atoms with Crippen molar-refractivity contribution in [2.45, 2.75) is 166 Å². The minimum absolute atomic E-state index is 0. The van der Waals surface area contributed by atoms with Gasteiger partial charge >= 0.3 is 0 Å². The minimum atomic E-state index is 0. The van der Waals surface area contributed by atoms with E-state index in [9.17, 15) is 4.79 Å². The summed E-state index contributed by atoms with van der Waals surface area (Å²) in [6, 6.07) is 16.5. The Morgan fingerprint density at radius 2 is 0.735 bits per heavy atom. The molecule has 2 aliphatic rings. The van der Waals surface area contributed by atoms with E-state index in [1.807, 2.05) is 24.3 Å². The van der Waals surface area contributed by atoms with Gasteiger partial charge in [-0.15, -0.1) is 0 Å². The van der Waals surface area contributed by atoms with Gasteiger partial charge in [0.1, 0.15) is 42.7 Å². The van der Waals surface area contributed by atoms with Crippen molar-refractivity contribution in [3.8, 4) is 11.5 Å². The third kappa shape index (κ3) is 61.3. The lowest BCUT2D eigenvalue weighted by molar-refractivity contribution is -0.115. The normalized spacial score (nSPS) is 12.6. The van der Waals surface area contributed by atoms with Crippen LogP contribution in [0.1, 0.15) is 158 Å². The van der Waals surface area contributed by atoms with Crippen molar-refractivity contribution in [1.29, 1.82) is 0 Å². The lowest BCUT2D eigenvalue weighted by Gasteiger charge is -2.07. The molecular weight excluding hydrogens is 612 g/mol. The fourth-order valence-corrected chi connectivity index (χ4v) is 2.35. The zero-order valence-electron chi connectivity index (χ0n) is 29.1. The van der Waals surface area contributed by atoms with Crippen molar-refractivity contribution in [2.24, 2.45) is 0 Å². The Morgan fingerprint density at radius 1 is 0.551 bits per heavy atom. The standard InChI is InChI=1S/C19H20O4.C3H6O.4C3H8.C2H6O.7CH4/c1-5-16(20-10-18-12-22-18)6-2-14(1)9-15-3-7-17(8-4-15)21-11-19-13-23-19;1-3(2)4;5*1-3-2;;;;;;;/h1-8,18-19H,9-13H2;1-2H3;4*3H2,1-2H3;1-2H3;7*1H4. The van der Waals surface area contributed by atoms with Gasteiger partial charge in [0.25, 0.3) is 0 Å². The van der Waals surface area contributed by atoms with E-state index in [4.69, 9.17) is 18.9 Å². The molecule has 49 heavy (non-hydrogen) atoms. The third-order valence-corrected chi connectivity index (χ3v) is 3.93. The Labute approximate surface area is 311 Å². The summed E-state index contributed by atoms with van der Waals surface area (Å²) in [5, 5.41) is 0. The van der Waals surface area contributed by atoms with E-state index in [1.165, 1.54) is 50.7 Å².